The second-order valence-electron chi connectivity index (χ2n) is 7.13. The Balaban J connectivity index is 1.81. The molecule has 11 nitrogen and oxygen atoms in total. The Morgan fingerprint density at radius 2 is 1.80 bits per heavy atom. The predicted octanol–water partition coefficient (Wildman–Crippen LogP) is 2.47. The minimum absolute atomic E-state index is 0.0183. The normalized spacial score (nSPS) is 13.3. The summed E-state index contributed by atoms with van der Waals surface area (Å²) in [7, 11) is -9.24. The number of carbonyl (C=O) groups is 1. The van der Waals surface area contributed by atoms with Crippen LogP contribution >= 0.6 is 11.6 Å². The Labute approximate surface area is 202 Å². The minimum atomic E-state index is -5.61. The first-order valence-electron chi connectivity index (χ1n) is 9.35. The third-order valence-electron chi connectivity index (χ3n) is 4.39. The van der Waals surface area contributed by atoms with Gasteiger partial charge in [-0.2, -0.15) is 31.4 Å². The van der Waals surface area contributed by atoms with Gasteiger partial charge in [0.15, 0.2) is 21.5 Å². The van der Waals surface area contributed by atoms with Crippen molar-refractivity contribution in [1.82, 2.24) is 25.1 Å². The van der Waals surface area contributed by atoms with E-state index in [1.54, 1.807) is 6.92 Å². The molecule has 3 aromatic rings. The van der Waals surface area contributed by atoms with E-state index in [1.165, 1.54) is 27.6 Å². The van der Waals surface area contributed by atoms with E-state index in [2.05, 4.69) is 20.4 Å². The molecule has 2 heterocycles. The molecule has 0 saturated carbocycles. The molecule has 0 aliphatic rings. The lowest BCUT2D eigenvalue weighted by Crippen LogP contribution is -2.30. The third-order valence-corrected chi connectivity index (χ3v) is 6.82. The lowest BCUT2D eigenvalue weighted by Gasteiger charge is -2.15. The molecule has 0 saturated heterocycles. The predicted molar refractivity (Wildman–Crippen MR) is 118 cm³/mol. The average Bonchev–Trinajstić information content (AvgIpc) is 3.22. The summed E-state index contributed by atoms with van der Waals surface area (Å²) in [6.45, 7) is 1.55. The number of hydrogen-bond acceptors (Lipinski definition) is 8. The lowest BCUT2D eigenvalue weighted by molar-refractivity contribution is -0.0429. The van der Waals surface area contributed by atoms with Crippen LogP contribution in [0, 0.1) is 0 Å². The number of carbonyl (C=O) groups excluding carboxylic acids is 1. The van der Waals surface area contributed by atoms with Gasteiger partial charge in [0.05, 0.1) is 22.8 Å². The number of benzene rings is 1. The van der Waals surface area contributed by atoms with Crippen molar-refractivity contribution in [2.24, 2.45) is 0 Å². The molecule has 0 spiro atoms. The first kappa shape index (κ1) is 26.4. The van der Waals surface area contributed by atoms with E-state index in [4.69, 9.17) is 11.6 Å². The van der Waals surface area contributed by atoms with Gasteiger partial charge in [-0.05, 0) is 37.3 Å². The van der Waals surface area contributed by atoms with Gasteiger partial charge < -0.3 is 5.32 Å². The van der Waals surface area contributed by atoms with Crippen LogP contribution in [-0.2, 0) is 19.9 Å². The van der Waals surface area contributed by atoms with Gasteiger partial charge in [-0.3, -0.25) is 9.52 Å². The fraction of sp³-hybridized carbons (Fsp3) is 0.222. The van der Waals surface area contributed by atoms with Crippen LogP contribution in [0.3, 0.4) is 0 Å². The zero-order valence-corrected chi connectivity index (χ0v) is 20.2. The second kappa shape index (κ2) is 9.43. The number of rotatable bonds is 7. The molecule has 0 fully saturated rings. The standard InChI is InChI=1S/C18H16ClF3N6O5S2/c1-10(26-17(29)11-5-12(19)7-14(6-11)34(2,30)31)16-24-9-25-28(16)15-4-3-13(8-23-15)27-35(32,33)18(20,21)22/h3-10,27H,1-2H3,(H,26,29). The van der Waals surface area contributed by atoms with E-state index in [-0.39, 0.29) is 27.1 Å². The number of nitrogens with one attached hydrogen (secondary N) is 2. The van der Waals surface area contributed by atoms with Crippen LogP contribution in [0.15, 0.2) is 47.8 Å². The average molecular weight is 553 g/mol. The van der Waals surface area contributed by atoms with Crippen molar-refractivity contribution < 1.29 is 34.8 Å². The SMILES string of the molecule is CC(NC(=O)c1cc(Cl)cc(S(C)(=O)=O)c1)c1ncnn1-c1ccc(NS(=O)(=O)C(F)(F)F)cn1. The molecule has 17 heteroatoms. The lowest BCUT2D eigenvalue weighted by atomic mass is 10.2. The van der Waals surface area contributed by atoms with Gasteiger partial charge in [0.25, 0.3) is 5.91 Å². The summed E-state index contributed by atoms with van der Waals surface area (Å²) >= 11 is 5.93. The number of pyridine rings is 1. The Bertz CT molecular complexity index is 1470. The van der Waals surface area contributed by atoms with E-state index in [1.807, 2.05) is 0 Å². The van der Waals surface area contributed by atoms with Crippen LogP contribution < -0.4 is 10.0 Å². The third kappa shape index (κ3) is 6.07. The number of aromatic nitrogens is 4. The summed E-state index contributed by atoms with van der Waals surface area (Å²) < 4.78 is 86.2. The molecule has 1 aromatic carbocycles. The molecule has 35 heavy (non-hydrogen) atoms. The number of nitrogens with zero attached hydrogens (tertiary/aromatic N) is 4. The van der Waals surface area contributed by atoms with Crippen molar-refractivity contribution in [3.63, 3.8) is 0 Å². The first-order chi connectivity index (χ1) is 16.1. The summed E-state index contributed by atoms with van der Waals surface area (Å²) in [6, 6.07) is 5.09. The molecular formula is C18H16ClF3N6O5S2. The number of amides is 1. The van der Waals surface area contributed by atoms with Crippen LogP contribution in [0.5, 0.6) is 0 Å². The van der Waals surface area contributed by atoms with E-state index in [0.717, 1.165) is 30.9 Å². The Hall–Kier alpha value is -3.24. The quantitative estimate of drug-likeness (QED) is 0.453. The number of anilines is 1. The first-order valence-corrected chi connectivity index (χ1v) is 13.1. The maximum Gasteiger partial charge on any atom is 0.516 e. The minimum Gasteiger partial charge on any atom is -0.342 e. The van der Waals surface area contributed by atoms with E-state index in [9.17, 15) is 34.8 Å². The summed E-state index contributed by atoms with van der Waals surface area (Å²) in [5.41, 5.74) is -5.95. The van der Waals surface area contributed by atoms with Gasteiger partial charge in [-0.25, -0.2) is 18.4 Å². The highest BCUT2D eigenvalue weighted by molar-refractivity contribution is 7.93. The topological polar surface area (TPSA) is 153 Å². The highest BCUT2D eigenvalue weighted by Crippen LogP contribution is 2.25. The highest BCUT2D eigenvalue weighted by Gasteiger charge is 2.46. The fourth-order valence-corrected chi connectivity index (χ4v) is 4.29. The van der Waals surface area contributed by atoms with Crippen molar-refractivity contribution in [3.8, 4) is 5.82 Å². The maximum absolute atomic E-state index is 12.7. The van der Waals surface area contributed by atoms with Crippen LogP contribution in [-0.4, -0.2) is 54.3 Å². The summed E-state index contributed by atoms with van der Waals surface area (Å²) in [4.78, 5) is 20.5. The zero-order valence-electron chi connectivity index (χ0n) is 17.8. The van der Waals surface area contributed by atoms with Crippen LogP contribution in [0.4, 0.5) is 18.9 Å². The fourth-order valence-electron chi connectivity index (χ4n) is 2.76. The number of hydrogen-bond donors (Lipinski definition) is 2. The molecule has 188 valence electrons. The molecule has 1 unspecified atom stereocenters. The van der Waals surface area contributed by atoms with Crippen molar-refractivity contribution in [2.75, 3.05) is 11.0 Å². The van der Waals surface area contributed by atoms with Gasteiger partial charge >= 0.3 is 15.5 Å². The molecule has 3 rings (SSSR count). The van der Waals surface area contributed by atoms with Gasteiger partial charge in [0.2, 0.25) is 0 Å². The summed E-state index contributed by atoms with van der Waals surface area (Å²) in [5.74, 6) is -0.431. The van der Waals surface area contributed by atoms with Gasteiger partial charge in [-0.1, -0.05) is 11.6 Å². The largest absolute Gasteiger partial charge is 0.516 e. The Morgan fingerprint density at radius 1 is 1.11 bits per heavy atom. The van der Waals surface area contributed by atoms with Crippen LogP contribution in [0.25, 0.3) is 5.82 Å². The van der Waals surface area contributed by atoms with Crippen LogP contribution in [0.1, 0.15) is 29.1 Å². The number of sulfonamides is 1. The van der Waals surface area contributed by atoms with Crippen molar-refractivity contribution >= 4 is 43.1 Å². The molecule has 0 bridgehead atoms. The second-order valence-corrected chi connectivity index (χ2v) is 11.3. The molecule has 1 amide bonds. The zero-order chi connectivity index (χ0) is 26.2. The molecule has 0 aliphatic heterocycles. The van der Waals surface area contributed by atoms with Gasteiger partial charge in [-0.15, -0.1) is 0 Å². The molecule has 1 atom stereocenters. The van der Waals surface area contributed by atoms with Gasteiger partial charge in [0.1, 0.15) is 6.33 Å². The van der Waals surface area contributed by atoms with E-state index >= 15 is 0 Å². The molecule has 0 aliphatic carbocycles. The number of sulfone groups is 1. The smallest absolute Gasteiger partial charge is 0.342 e. The number of alkyl halides is 3. The highest BCUT2D eigenvalue weighted by atomic mass is 35.5. The molecule has 2 N–H and O–H groups in total. The summed E-state index contributed by atoms with van der Waals surface area (Å²) in [6.07, 6.45) is 2.96. The van der Waals surface area contributed by atoms with Gasteiger partial charge in [0, 0.05) is 16.8 Å². The van der Waals surface area contributed by atoms with E-state index < -0.39 is 43.0 Å². The monoisotopic (exact) mass is 552 g/mol. The molecule has 0 radical (unpaired) electrons. The summed E-state index contributed by atoms with van der Waals surface area (Å²) in [5, 5.41) is 6.62. The Kier molecular flexibility index (Phi) is 7.10. The number of halogens is 4. The van der Waals surface area contributed by atoms with Crippen LogP contribution in [0.2, 0.25) is 5.02 Å². The Morgan fingerprint density at radius 3 is 2.37 bits per heavy atom. The van der Waals surface area contributed by atoms with Crippen molar-refractivity contribution in [2.45, 2.75) is 23.4 Å². The molecule has 2 aromatic heterocycles. The van der Waals surface area contributed by atoms with Crippen molar-refractivity contribution in [1.29, 1.82) is 0 Å². The van der Waals surface area contributed by atoms with E-state index in [0.29, 0.717) is 0 Å². The molecular weight excluding hydrogens is 537 g/mol. The maximum atomic E-state index is 12.7. The van der Waals surface area contributed by atoms with Crippen molar-refractivity contribution in [3.05, 3.63) is 59.3 Å².